The highest BCUT2D eigenvalue weighted by molar-refractivity contribution is 5.98. The van der Waals surface area contributed by atoms with Crippen molar-refractivity contribution < 1.29 is 35.9 Å². The minimum atomic E-state index is -4.88. The van der Waals surface area contributed by atoms with Crippen LogP contribution < -0.4 is 15.6 Å². The highest BCUT2D eigenvalue weighted by atomic mass is 19.4. The summed E-state index contributed by atoms with van der Waals surface area (Å²) < 4.78 is 87.6. The number of aromatic nitrogens is 4. The molecule has 0 fully saturated rings. The Morgan fingerprint density at radius 1 is 1.27 bits per heavy atom. The van der Waals surface area contributed by atoms with Gasteiger partial charge < -0.3 is 14.6 Å². The van der Waals surface area contributed by atoms with Gasteiger partial charge in [0.1, 0.15) is 17.7 Å². The zero-order valence-electron chi connectivity index (χ0n) is 19.7. The highest BCUT2D eigenvalue weighted by Crippen LogP contribution is 2.39. The van der Waals surface area contributed by atoms with Crippen molar-refractivity contribution in [2.75, 3.05) is 11.9 Å². The Morgan fingerprint density at radius 2 is 1.95 bits per heavy atom. The van der Waals surface area contributed by atoms with Crippen LogP contribution in [0, 0.1) is 0 Å². The molecule has 1 N–H and O–H groups in total. The molecule has 1 aliphatic carbocycles. The molecule has 8 nitrogen and oxygen atoms in total. The number of amides is 1. The van der Waals surface area contributed by atoms with Crippen molar-refractivity contribution in [1.82, 2.24) is 19.3 Å². The second-order valence-corrected chi connectivity index (χ2v) is 8.82. The zero-order valence-corrected chi connectivity index (χ0v) is 19.7. The Hall–Kier alpha value is -3.84. The van der Waals surface area contributed by atoms with E-state index in [1.165, 1.54) is 31.5 Å². The number of fused-ring (bicyclic) bond motifs is 1. The standard InChI is InChI=1S/C23H21F6N5O3/c1-11(23(27,28)29)34-21(36)19(37-10-22(3,25)26)7-17(32-34)16-9-33(14-4-13(24)5-14)18-8-30-20(6-15(16)18)31-12(2)35/h4,6-9,11,14H,5,10H2,1-3H3,(H,30,31,35)/t11-,14?/m0/s1. The van der Waals surface area contributed by atoms with Crippen LogP contribution in [0.4, 0.5) is 32.2 Å². The molecule has 0 spiro atoms. The van der Waals surface area contributed by atoms with Gasteiger partial charge in [0.25, 0.3) is 5.92 Å². The second-order valence-electron chi connectivity index (χ2n) is 8.82. The van der Waals surface area contributed by atoms with Gasteiger partial charge in [0.15, 0.2) is 12.4 Å². The van der Waals surface area contributed by atoms with Gasteiger partial charge in [0.05, 0.1) is 23.4 Å². The summed E-state index contributed by atoms with van der Waals surface area (Å²) in [6, 6.07) is -0.424. The van der Waals surface area contributed by atoms with Crippen molar-refractivity contribution in [2.45, 2.75) is 51.4 Å². The Labute approximate surface area is 205 Å². The van der Waals surface area contributed by atoms with Crippen molar-refractivity contribution in [1.29, 1.82) is 0 Å². The average molecular weight is 529 g/mol. The molecule has 0 bridgehead atoms. The van der Waals surface area contributed by atoms with Crippen molar-refractivity contribution in [3.63, 3.8) is 0 Å². The summed E-state index contributed by atoms with van der Waals surface area (Å²) in [5, 5.41) is 6.74. The first-order valence-corrected chi connectivity index (χ1v) is 11.0. The lowest BCUT2D eigenvalue weighted by atomic mass is 10.0. The molecule has 3 heterocycles. The molecule has 2 atom stereocenters. The van der Waals surface area contributed by atoms with E-state index in [0.29, 0.717) is 24.8 Å². The van der Waals surface area contributed by atoms with Gasteiger partial charge in [-0.3, -0.25) is 9.59 Å². The number of anilines is 1. The first kappa shape index (κ1) is 26.2. The van der Waals surface area contributed by atoms with Gasteiger partial charge in [0, 0.05) is 43.5 Å². The molecule has 0 saturated heterocycles. The molecular weight excluding hydrogens is 508 g/mol. The molecule has 0 aliphatic heterocycles. The molecular formula is C23H21F6N5O3. The predicted octanol–water partition coefficient (Wildman–Crippen LogP) is 5.17. The van der Waals surface area contributed by atoms with Crippen LogP contribution in [0.1, 0.15) is 39.3 Å². The largest absolute Gasteiger partial charge is 0.481 e. The number of pyridine rings is 1. The van der Waals surface area contributed by atoms with Crippen LogP contribution >= 0.6 is 0 Å². The maximum atomic E-state index is 13.5. The third-order valence-corrected chi connectivity index (χ3v) is 5.66. The summed E-state index contributed by atoms with van der Waals surface area (Å²) in [5.74, 6) is -4.79. The summed E-state index contributed by atoms with van der Waals surface area (Å²) in [7, 11) is 0. The van der Waals surface area contributed by atoms with E-state index in [4.69, 9.17) is 4.74 Å². The van der Waals surface area contributed by atoms with Crippen molar-refractivity contribution in [3.8, 4) is 17.0 Å². The van der Waals surface area contributed by atoms with E-state index in [-0.39, 0.29) is 34.0 Å². The monoisotopic (exact) mass is 529 g/mol. The Kier molecular flexibility index (Phi) is 6.54. The fourth-order valence-electron chi connectivity index (χ4n) is 3.76. The summed E-state index contributed by atoms with van der Waals surface area (Å²) in [6.45, 7) is 1.22. The predicted molar refractivity (Wildman–Crippen MR) is 121 cm³/mol. The number of halogens is 6. The summed E-state index contributed by atoms with van der Waals surface area (Å²) in [5.41, 5.74) is -0.923. The SMILES string of the molecule is CC(=O)Nc1cc2c(-c3cc(OCC(C)(F)F)c(=O)n([C@@H](C)C(F)(F)F)n3)cn(C3C=C(F)C3)c2cn1. The number of carbonyl (C=O) groups excluding carboxylic acids is 1. The normalized spacial score (nSPS) is 16.8. The number of nitrogens with zero attached hydrogens (tertiary/aromatic N) is 4. The van der Waals surface area contributed by atoms with Crippen molar-refractivity contribution in [3.05, 3.63) is 46.8 Å². The van der Waals surface area contributed by atoms with Gasteiger partial charge in [-0.1, -0.05) is 0 Å². The number of nitrogens with one attached hydrogen (secondary N) is 1. The van der Waals surface area contributed by atoms with E-state index < -0.39 is 48.0 Å². The smallest absolute Gasteiger partial charge is 0.410 e. The van der Waals surface area contributed by atoms with E-state index in [0.717, 1.165) is 6.07 Å². The molecule has 0 aromatic carbocycles. The van der Waals surface area contributed by atoms with E-state index >= 15 is 0 Å². The van der Waals surface area contributed by atoms with E-state index in [1.807, 2.05) is 0 Å². The number of hydrogen-bond acceptors (Lipinski definition) is 5. The van der Waals surface area contributed by atoms with Gasteiger partial charge in [-0.2, -0.15) is 18.3 Å². The van der Waals surface area contributed by atoms with Crippen LogP contribution in [0.3, 0.4) is 0 Å². The second kappa shape index (κ2) is 9.23. The Bertz CT molecular complexity index is 1450. The van der Waals surface area contributed by atoms with Crippen molar-refractivity contribution >= 4 is 22.6 Å². The number of alkyl halides is 5. The topological polar surface area (TPSA) is 91.0 Å². The first-order chi connectivity index (χ1) is 17.1. The van der Waals surface area contributed by atoms with Crippen LogP contribution in [0.25, 0.3) is 22.2 Å². The fraction of sp³-hybridized carbons (Fsp3) is 0.391. The number of hydrogen-bond donors (Lipinski definition) is 1. The number of ether oxygens (including phenoxy) is 1. The Balaban J connectivity index is 1.95. The van der Waals surface area contributed by atoms with Crippen LogP contribution in [0.5, 0.6) is 5.75 Å². The van der Waals surface area contributed by atoms with Gasteiger partial charge in [-0.25, -0.2) is 22.8 Å². The fourth-order valence-corrected chi connectivity index (χ4v) is 3.76. The van der Waals surface area contributed by atoms with E-state index in [9.17, 15) is 35.9 Å². The van der Waals surface area contributed by atoms with Crippen LogP contribution in [-0.4, -0.2) is 43.9 Å². The Morgan fingerprint density at radius 3 is 2.51 bits per heavy atom. The minimum absolute atomic E-state index is 0.0641. The van der Waals surface area contributed by atoms with E-state index in [1.54, 1.807) is 4.57 Å². The first-order valence-electron chi connectivity index (χ1n) is 11.0. The lowest BCUT2D eigenvalue weighted by Gasteiger charge is -2.22. The maximum absolute atomic E-state index is 13.5. The van der Waals surface area contributed by atoms with Crippen LogP contribution in [0.2, 0.25) is 0 Å². The zero-order chi connectivity index (χ0) is 27.3. The average Bonchev–Trinajstić information content (AvgIpc) is 3.12. The van der Waals surface area contributed by atoms with Gasteiger partial charge in [0.2, 0.25) is 5.91 Å². The van der Waals surface area contributed by atoms with Crippen LogP contribution in [0.15, 0.2) is 41.2 Å². The quantitative estimate of drug-likeness (QED) is 0.427. The third kappa shape index (κ3) is 5.47. The van der Waals surface area contributed by atoms with Crippen molar-refractivity contribution in [2.24, 2.45) is 0 Å². The lowest BCUT2D eigenvalue weighted by Crippen LogP contribution is -2.35. The molecule has 1 unspecified atom stereocenters. The molecule has 1 amide bonds. The number of rotatable bonds is 7. The molecule has 37 heavy (non-hydrogen) atoms. The molecule has 1 aliphatic rings. The maximum Gasteiger partial charge on any atom is 0.410 e. The number of allylic oxidation sites excluding steroid dienone is 2. The third-order valence-electron chi connectivity index (χ3n) is 5.66. The van der Waals surface area contributed by atoms with Gasteiger partial charge in [-0.15, -0.1) is 0 Å². The molecule has 14 heteroatoms. The van der Waals surface area contributed by atoms with E-state index in [2.05, 4.69) is 15.4 Å². The molecule has 3 aromatic heterocycles. The highest BCUT2D eigenvalue weighted by Gasteiger charge is 2.40. The van der Waals surface area contributed by atoms with Gasteiger partial charge in [-0.05, 0) is 19.1 Å². The molecule has 0 radical (unpaired) electrons. The lowest BCUT2D eigenvalue weighted by molar-refractivity contribution is -0.166. The molecule has 3 aromatic rings. The minimum Gasteiger partial charge on any atom is -0.481 e. The molecule has 0 saturated carbocycles. The summed E-state index contributed by atoms with van der Waals surface area (Å²) in [6.07, 6.45) is -0.619. The van der Waals surface area contributed by atoms with Gasteiger partial charge >= 0.3 is 11.7 Å². The molecule has 198 valence electrons. The summed E-state index contributed by atoms with van der Waals surface area (Å²) >= 11 is 0. The van der Waals surface area contributed by atoms with Crippen LogP contribution in [-0.2, 0) is 4.79 Å². The molecule has 4 rings (SSSR count). The summed E-state index contributed by atoms with van der Waals surface area (Å²) in [4.78, 5) is 28.4. The number of carbonyl (C=O) groups is 1.